The summed E-state index contributed by atoms with van der Waals surface area (Å²) in [5.41, 5.74) is 5.84. The highest BCUT2D eigenvalue weighted by Gasteiger charge is 2.21. The molecule has 1 aromatic rings. The summed E-state index contributed by atoms with van der Waals surface area (Å²) in [6.45, 7) is 4.53. The lowest BCUT2D eigenvalue weighted by Gasteiger charge is -2.27. The smallest absolute Gasteiger partial charge is 0.0485 e. The molecule has 2 nitrogen and oxygen atoms in total. The first-order chi connectivity index (χ1) is 9.26. The van der Waals surface area contributed by atoms with Crippen molar-refractivity contribution in [2.24, 2.45) is 11.8 Å². The van der Waals surface area contributed by atoms with E-state index in [1.54, 1.807) is 0 Å². The monoisotopic (exact) mass is 260 g/mol. The molecule has 3 N–H and O–H groups in total. The van der Waals surface area contributed by atoms with E-state index in [1.807, 2.05) is 0 Å². The molecule has 2 unspecified atom stereocenters. The molecule has 0 bridgehead atoms. The molecule has 2 rings (SSSR count). The van der Waals surface area contributed by atoms with Gasteiger partial charge in [0.05, 0.1) is 0 Å². The van der Waals surface area contributed by atoms with Crippen LogP contribution in [-0.2, 0) is 0 Å². The van der Waals surface area contributed by atoms with E-state index in [2.05, 4.69) is 43.5 Å². The predicted octanol–water partition coefficient (Wildman–Crippen LogP) is 4.28. The fraction of sp³-hybridized carbons (Fsp3) is 0.647. The first kappa shape index (κ1) is 14.5. The number of nitrogens with one attached hydrogen (secondary N) is 1. The molecular formula is C17H28N2. The summed E-state index contributed by atoms with van der Waals surface area (Å²) >= 11 is 0. The van der Waals surface area contributed by atoms with Gasteiger partial charge in [-0.3, -0.25) is 11.3 Å². The summed E-state index contributed by atoms with van der Waals surface area (Å²) in [6, 6.07) is 9.41. The van der Waals surface area contributed by atoms with Crippen LogP contribution in [0.25, 0.3) is 0 Å². The minimum absolute atomic E-state index is 0.280. The highest BCUT2D eigenvalue weighted by molar-refractivity contribution is 5.28. The van der Waals surface area contributed by atoms with Gasteiger partial charge in [-0.1, -0.05) is 57.4 Å². The molecule has 0 aromatic heterocycles. The van der Waals surface area contributed by atoms with Gasteiger partial charge < -0.3 is 0 Å². The van der Waals surface area contributed by atoms with Crippen LogP contribution in [0, 0.1) is 5.92 Å². The van der Waals surface area contributed by atoms with Crippen LogP contribution >= 0.6 is 0 Å². The van der Waals surface area contributed by atoms with Crippen molar-refractivity contribution in [3.05, 3.63) is 35.4 Å². The normalized spacial score (nSPS) is 18.9. The van der Waals surface area contributed by atoms with Crippen molar-refractivity contribution in [3.8, 4) is 0 Å². The average molecular weight is 260 g/mol. The number of rotatable bonds is 7. The van der Waals surface area contributed by atoms with Gasteiger partial charge >= 0.3 is 0 Å². The fourth-order valence-electron chi connectivity index (χ4n) is 3.00. The quantitative estimate of drug-likeness (QED) is 0.567. The Hall–Kier alpha value is -0.860. The summed E-state index contributed by atoms with van der Waals surface area (Å²) in [4.78, 5) is 0. The van der Waals surface area contributed by atoms with Crippen LogP contribution in [0.4, 0.5) is 0 Å². The minimum atomic E-state index is 0.280. The highest BCUT2D eigenvalue weighted by atomic mass is 15.2. The Morgan fingerprint density at radius 2 is 1.95 bits per heavy atom. The Kier molecular flexibility index (Phi) is 5.41. The van der Waals surface area contributed by atoms with Crippen molar-refractivity contribution in [3.63, 3.8) is 0 Å². The van der Waals surface area contributed by atoms with E-state index in [-0.39, 0.29) is 6.04 Å². The average Bonchev–Trinajstić information content (AvgIpc) is 2.37. The van der Waals surface area contributed by atoms with Crippen molar-refractivity contribution >= 4 is 0 Å². The van der Waals surface area contributed by atoms with Gasteiger partial charge in [0, 0.05) is 6.04 Å². The van der Waals surface area contributed by atoms with Gasteiger partial charge in [0.2, 0.25) is 0 Å². The van der Waals surface area contributed by atoms with Crippen molar-refractivity contribution in [2.45, 2.75) is 64.3 Å². The summed E-state index contributed by atoms with van der Waals surface area (Å²) in [6.07, 6.45) is 7.89. The molecule has 1 aromatic carbocycles. The second-order valence-electron chi connectivity index (χ2n) is 6.06. The van der Waals surface area contributed by atoms with Gasteiger partial charge in [-0.15, -0.1) is 0 Å². The van der Waals surface area contributed by atoms with Gasteiger partial charge in [-0.25, -0.2) is 0 Å². The van der Waals surface area contributed by atoms with E-state index in [0.717, 1.165) is 5.92 Å². The number of nitrogens with two attached hydrogens (primary N) is 1. The van der Waals surface area contributed by atoms with Gasteiger partial charge in [-0.2, -0.15) is 0 Å². The molecule has 1 aliphatic rings. The molecule has 106 valence electrons. The second kappa shape index (κ2) is 7.06. The van der Waals surface area contributed by atoms with Crippen LogP contribution in [0.15, 0.2) is 24.3 Å². The van der Waals surface area contributed by atoms with E-state index in [9.17, 15) is 0 Å². The third-order valence-electron chi connectivity index (χ3n) is 4.63. The Balaban J connectivity index is 2.01. The Morgan fingerprint density at radius 3 is 2.42 bits per heavy atom. The van der Waals surface area contributed by atoms with E-state index in [0.29, 0.717) is 5.92 Å². The first-order valence-corrected chi connectivity index (χ1v) is 7.82. The standard InChI is InChI=1S/C17H28N2/c1-3-4-6-13(2)17(19-18)16-11-9-15(10-12-16)14-7-5-8-14/h9-14,17,19H,3-8,18H2,1-2H3. The van der Waals surface area contributed by atoms with Gasteiger partial charge in [0.25, 0.3) is 0 Å². The first-order valence-electron chi connectivity index (χ1n) is 7.82. The molecule has 0 amide bonds. The van der Waals surface area contributed by atoms with Crippen molar-refractivity contribution in [1.29, 1.82) is 0 Å². The molecule has 0 spiro atoms. The Bertz CT molecular complexity index is 367. The molecule has 0 saturated heterocycles. The van der Waals surface area contributed by atoms with Gasteiger partial charge in [0.1, 0.15) is 0 Å². The van der Waals surface area contributed by atoms with Crippen LogP contribution in [0.1, 0.15) is 75.5 Å². The largest absolute Gasteiger partial charge is 0.271 e. The molecule has 1 saturated carbocycles. The number of benzene rings is 1. The zero-order chi connectivity index (χ0) is 13.7. The summed E-state index contributed by atoms with van der Waals surface area (Å²) in [5, 5.41) is 0. The third kappa shape index (κ3) is 3.58. The third-order valence-corrected chi connectivity index (χ3v) is 4.63. The van der Waals surface area contributed by atoms with Crippen molar-refractivity contribution in [2.75, 3.05) is 0 Å². The predicted molar refractivity (Wildman–Crippen MR) is 81.8 cm³/mol. The van der Waals surface area contributed by atoms with Crippen LogP contribution < -0.4 is 11.3 Å². The molecular weight excluding hydrogens is 232 g/mol. The van der Waals surface area contributed by atoms with Crippen LogP contribution in [0.2, 0.25) is 0 Å². The lowest BCUT2D eigenvalue weighted by atomic mass is 9.79. The number of hydrazine groups is 1. The van der Waals surface area contributed by atoms with Crippen molar-refractivity contribution in [1.82, 2.24) is 5.43 Å². The molecule has 19 heavy (non-hydrogen) atoms. The lowest BCUT2D eigenvalue weighted by molar-refractivity contribution is 0.362. The van der Waals surface area contributed by atoms with E-state index in [4.69, 9.17) is 5.84 Å². The highest BCUT2D eigenvalue weighted by Crippen LogP contribution is 2.37. The number of hydrogen-bond acceptors (Lipinski definition) is 2. The van der Waals surface area contributed by atoms with E-state index < -0.39 is 0 Å². The molecule has 2 atom stereocenters. The zero-order valence-electron chi connectivity index (χ0n) is 12.4. The summed E-state index contributed by atoms with van der Waals surface area (Å²) < 4.78 is 0. The SMILES string of the molecule is CCCCC(C)C(NN)c1ccc(C2CCC2)cc1. The lowest BCUT2D eigenvalue weighted by Crippen LogP contribution is -2.32. The van der Waals surface area contributed by atoms with Crippen LogP contribution in [-0.4, -0.2) is 0 Å². The van der Waals surface area contributed by atoms with Crippen LogP contribution in [0.5, 0.6) is 0 Å². The van der Waals surface area contributed by atoms with E-state index >= 15 is 0 Å². The Morgan fingerprint density at radius 1 is 1.26 bits per heavy atom. The molecule has 0 heterocycles. The molecule has 2 heteroatoms. The molecule has 0 radical (unpaired) electrons. The molecule has 1 aliphatic carbocycles. The minimum Gasteiger partial charge on any atom is -0.271 e. The fourth-order valence-corrected chi connectivity index (χ4v) is 3.00. The van der Waals surface area contributed by atoms with Crippen molar-refractivity contribution < 1.29 is 0 Å². The molecule has 0 aliphatic heterocycles. The van der Waals surface area contributed by atoms with Gasteiger partial charge in [-0.05, 0) is 42.2 Å². The maximum absolute atomic E-state index is 5.76. The zero-order valence-corrected chi connectivity index (χ0v) is 12.4. The van der Waals surface area contributed by atoms with E-state index in [1.165, 1.54) is 49.7 Å². The second-order valence-corrected chi connectivity index (χ2v) is 6.06. The number of hydrogen-bond donors (Lipinski definition) is 2. The maximum Gasteiger partial charge on any atom is 0.0485 e. The topological polar surface area (TPSA) is 38.0 Å². The molecule has 1 fully saturated rings. The Labute approximate surface area is 117 Å². The maximum atomic E-state index is 5.76. The van der Waals surface area contributed by atoms with Gasteiger partial charge in [0.15, 0.2) is 0 Å². The summed E-state index contributed by atoms with van der Waals surface area (Å²) in [7, 11) is 0. The van der Waals surface area contributed by atoms with Crippen LogP contribution in [0.3, 0.4) is 0 Å². The number of unbranched alkanes of at least 4 members (excludes halogenated alkanes) is 1. The summed E-state index contributed by atoms with van der Waals surface area (Å²) in [5.74, 6) is 7.16.